The molecule has 2 aromatic heterocycles. The van der Waals surface area contributed by atoms with Crippen LogP contribution in [0.5, 0.6) is 0 Å². The average molecular weight is 414 g/mol. The number of esters is 1. The van der Waals surface area contributed by atoms with Crippen LogP contribution in [0.2, 0.25) is 0 Å². The molecular formula is C22H23NO3S2. The summed E-state index contributed by atoms with van der Waals surface area (Å²) >= 11 is 3.33. The van der Waals surface area contributed by atoms with Gasteiger partial charge in [0.05, 0.1) is 6.61 Å². The second-order valence-corrected chi connectivity index (χ2v) is 9.61. The van der Waals surface area contributed by atoms with Gasteiger partial charge in [-0.25, -0.2) is 0 Å². The van der Waals surface area contributed by atoms with E-state index >= 15 is 0 Å². The van der Waals surface area contributed by atoms with Crippen molar-refractivity contribution in [1.29, 1.82) is 0 Å². The van der Waals surface area contributed by atoms with Crippen molar-refractivity contribution in [2.45, 2.75) is 45.4 Å². The molecule has 1 unspecified atom stereocenters. The first-order valence-corrected chi connectivity index (χ1v) is 11.3. The van der Waals surface area contributed by atoms with E-state index in [1.807, 2.05) is 37.4 Å². The maximum Gasteiger partial charge on any atom is 0.315 e. The minimum Gasteiger partial charge on any atom is -0.465 e. The van der Waals surface area contributed by atoms with Crippen LogP contribution in [0.3, 0.4) is 0 Å². The third-order valence-corrected chi connectivity index (χ3v) is 7.56. The summed E-state index contributed by atoms with van der Waals surface area (Å²) in [6.45, 7) is 6.05. The summed E-state index contributed by atoms with van der Waals surface area (Å²) < 4.78 is 5.36. The van der Waals surface area contributed by atoms with Crippen molar-refractivity contribution >= 4 is 40.1 Å². The van der Waals surface area contributed by atoms with Crippen LogP contribution in [0.4, 0.5) is 0 Å². The number of ether oxygens (including phenoxy) is 1. The van der Waals surface area contributed by atoms with Gasteiger partial charge in [-0.3, -0.25) is 14.6 Å². The van der Waals surface area contributed by atoms with Gasteiger partial charge in [0, 0.05) is 49.9 Å². The Balaban J connectivity index is 1.80. The molecule has 1 aliphatic carbocycles. The van der Waals surface area contributed by atoms with E-state index < -0.39 is 5.92 Å². The lowest BCUT2D eigenvalue weighted by molar-refractivity contribution is -0.146. The molecule has 0 bridgehead atoms. The molecule has 4 nitrogen and oxygen atoms in total. The smallest absolute Gasteiger partial charge is 0.315 e. The normalized spacial score (nSPS) is 24.8. The van der Waals surface area contributed by atoms with Crippen LogP contribution in [0.1, 0.15) is 53.2 Å². The zero-order valence-corrected chi connectivity index (χ0v) is 17.9. The maximum atomic E-state index is 13.3. The number of ketones is 1. The fraction of sp³-hybridized carbons (Fsp3) is 0.409. The van der Waals surface area contributed by atoms with Gasteiger partial charge in [0.15, 0.2) is 5.78 Å². The van der Waals surface area contributed by atoms with Gasteiger partial charge in [0.25, 0.3) is 0 Å². The molecule has 0 amide bonds. The number of nitrogens with zero attached hydrogens (tertiary/aromatic N) is 1. The molecule has 1 aliphatic heterocycles. The second kappa shape index (κ2) is 7.76. The molecule has 0 saturated carbocycles. The summed E-state index contributed by atoms with van der Waals surface area (Å²) in [5.74, 6) is -0.825. The van der Waals surface area contributed by atoms with E-state index in [9.17, 15) is 9.59 Å². The van der Waals surface area contributed by atoms with E-state index in [0.29, 0.717) is 13.0 Å². The van der Waals surface area contributed by atoms with E-state index in [1.54, 1.807) is 29.6 Å². The molecule has 0 saturated heterocycles. The molecule has 2 aliphatic rings. The quantitative estimate of drug-likeness (QED) is 0.643. The first kappa shape index (κ1) is 19.3. The Morgan fingerprint density at radius 2 is 2.04 bits per heavy atom. The SMILES string of the molecule is CCOC(=O)C1C(C)=NC2=C(C(=O)C[C@H](c3cccs3)C2)[C@H]1c1ccc(C)s1. The molecule has 0 aromatic carbocycles. The zero-order valence-electron chi connectivity index (χ0n) is 16.2. The highest BCUT2D eigenvalue weighted by Crippen LogP contribution is 2.48. The number of thiophene rings is 2. The van der Waals surface area contributed by atoms with Crippen molar-refractivity contribution in [2.75, 3.05) is 6.61 Å². The number of Topliss-reactive ketones (excluding diaryl/α,β-unsaturated/α-hetero) is 1. The molecule has 28 heavy (non-hydrogen) atoms. The zero-order chi connectivity index (χ0) is 19.8. The van der Waals surface area contributed by atoms with Gasteiger partial charge in [-0.15, -0.1) is 22.7 Å². The van der Waals surface area contributed by atoms with Crippen LogP contribution in [-0.2, 0) is 14.3 Å². The number of carbonyl (C=O) groups is 2. The molecule has 2 aromatic rings. The number of carbonyl (C=O) groups excluding carboxylic acids is 2. The third-order valence-electron chi connectivity index (χ3n) is 5.44. The monoisotopic (exact) mass is 413 g/mol. The summed E-state index contributed by atoms with van der Waals surface area (Å²) in [5.41, 5.74) is 2.31. The lowest BCUT2D eigenvalue weighted by atomic mass is 9.72. The van der Waals surface area contributed by atoms with Crippen LogP contribution in [0.25, 0.3) is 0 Å². The van der Waals surface area contributed by atoms with Gasteiger partial charge in [0.2, 0.25) is 0 Å². The maximum absolute atomic E-state index is 13.3. The predicted octanol–water partition coefficient (Wildman–Crippen LogP) is 5.26. The standard InChI is InChI=1S/C22H23NO3S2/c1-4-26-22(25)19-13(3)23-15-10-14(17-6-5-9-27-17)11-16(24)20(15)21(19)18-8-7-12(2)28-18/h5-9,14,19,21H,4,10-11H2,1-3H3/t14-,19?,21+/m1/s1. The molecule has 3 heterocycles. The van der Waals surface area contributed by atoms with Gasteiger partial charge in [-0.1, -0.05) is 6.07 Å². The van der Waals surface area contributed by atoms with E-state index in [4.69, 9.17) is 9.73 Å². The van der Waals surface area contributed by atoms with Crippen molar-refractivity contribution in [3.05, 3.63) is 55.5 Å². The first-order chi connectivity index (χ1) is 13.5. The highest BCUT2D eigenvalue weighted by atomic mass is 32.1. The van der Waals surface area contributed by atoms with Gasteiger partial charge < -0.3 is 4.74 Å². The average Bonchev–Trinajstić information content (AvgIpc) is 3.32. The van der Waals surface area contributed by atoms with Crippen molar-refractivity contribution in [3.63, 3.8) is 0 Å². The fourth-order valence-corrected chi connectivity index (χ4v) is 6.11. The molecular weight excluding hydrogens is 390 g/mol. The topological polar surface area (TPSA) is 55.7 Å². The molecule has 3 atom stereocenters. The van der Waals surface area contributed by atoms with Crippen LogP contribution in [0, 0.1) is 12.8 Å². The number of hydrogen-bond acceptors (Lipinski definition) is 6. The van der Waals surface area contributed by atoms with Gasteiger partial charge in [-0.05, 0) is 50.8 Å². The van der Waals surface area contributed by atoms with Crippen LogP contribution < -0.4 is 0 Å². The largest absolute Gasteiger partial charge is 0.465 e. The minimum absolute atomic E-state index is 0.112. The molecule has 0 fully saturated rings. The molecule has 0 N–H and O–H groups in total. The summed E-state index contributed by atoms with van der Waals surface area (Å²) in [6, 6.07) is 8.21. The molecule has 6 heteroatoms. The number of hydrogen-bond donors (Lipinski definition) is 0. The van der Waals surface area contributed by atoms with Crippen LogP contribution in [0.15, 0.2) is 45.9 Å². The van der Waals surface area contributed by atoms with Crippen LogP contribution in [-0.4, -0.2) is 24.1 Å². The second-order valence-electron chi connectivity index (χ2n) is 7.31. The van der Waals surface area contributed by atoms with E-state index in [0.717, 1.165) is 28.3 Å². The van der Waals surface area contributed by atoms with Crippen molar-refractivity contribution in [1.82, 2.24) is 0 Å². The highest BCUT2D eigenvalue weighted by molar-refractivity contribution is 7.12. The Labute approximate surface area is 173 Å². The molecule has 0 radical (unpaired) electrons. The third kappa shape index (κ3) is 3.40. The van der Waals surface area contributed by atoms with Gasteiger partial charge in [-0.2, -0.15) is 0 Å². The molecule has 146 valence electrons. The summed E-state index contributed by atoms with van der Waals surface area (Å²) in [4.78, 5) is 34.3. The van der Waals surface area contributed by atoms with Crippen molar-refractivity contribution in [2.24, 2.45) is 10.9 Å². The molecule has 0 spiro atoms. The van der Waals surface area contributed by atoms with Gasteiger partial charge >= 0.3 is 5.97 Å². The first-order valence-electron chi connectivity index (χ1n) is 9.57. The Kier molecular flexibility index (Phi) is 5.34. The van der Waals surface area contributed by atoms with Crippen LogP contribution >= 0.6 is 22.7 Å². The van der Waals surface area contributed by atoms with E-state index in [1.165, 1.54) is 9.75 Å². The summed E-state index contributed by atoms with van der Waals surface area (Å²) in [7, 11) is 0. The van der Waals surface area contributed by atoms with Crippen molar-refractivity contribution in [3.8, 4) is 0 Å². The number of aliphatic imine (C=N–C) groups is 1. The Morgan fingerprint density at radius 1 is 1.21 bits per heavy atom. The number of rotatable bonds is 4. The van der Waals surface area contributed by atoms with Gasteiger partial charge in [0.1, 0.15) is 5.92 Å². The minimum atomic E-state index is -0.529. The lowest BCUT2D eigenvalue weighted by Crippen LogP contribution is -2.37. The molecule has 4 rings (SSSR count). The highest BCUT2D eigenvalue weighted by Gasteiger charge is 2.45. The Hall–Kier alpha value is -2.05. The fourth-order valence-electron chi connectivity index (χ4n) is 4.25. The summed E-state index contributed by atoms with van der Waals surface area (Å²) in [5, 5.41) is 2.05. The van der Waals surface area contributed by atoms with Crippen molar-refractivity contribution < 1.29 is 14.3 Å². The lowest BCUT2D eigenvalue weighted by Gasteiger charge is -2.35. The predicted molar refractivity (Wildman–Crippen MR) is 113 cm³/mol. The van der Waals surface area contributed by atoms with E-state index in [-0.39, 0.29) is 23.6 Å². The number of allylic oxidation sites excluding steroid dienone is 2. The Morgan fingerprint density at radius 3 is 2.68 bits per heavy atom. The number of aryl methyl sites for hydroxylation is 1. The van der Waals surface area contributed by atoms with E-state index in [2.05, 4.69) is 6.07 Å². The summed E-state index contributed by atoms with van der Waals surface area (Å²) in [6.07, 6.45) is 1.22. The Bertz CT molecular complexity index is 968.